The zero-order valence-electron chi connectivity index (χ0n) is 12.8. The quantitative estimate of drug-likeness (QED) is 0.786. The van der Waals surface area contributed by atoms with Crippen molar-refractivity contribution in [2.24, 2.45) is 0 Å². The minimum absolute atomic E-state index is 0.0930. The van der Waals surface area contributed by atoms with Crippen LogP contribution in [0.5, 0.6) is 0 Å². The Labute approximate surface area is 128 Å². The van der Waals surface area contributed by atoms with Crippen molar-refractivity contribution < 1.29 is 19.1 Å². The van der Waals surface area contributed by atoms with Crippen molar-refractivity contribution in [1.82, 2.24) is 10.6 Å². The molecule has 2 N–H and O–H groups in total. The lowest BCUT2D eigenvalue weighted by Gasteiger charge is -2.23. The standard InChI is InChI=1S/C14H22N2O4S/c1-14(2,3)20-13(18)16-11(12(17)15-9-19-4)8-10-6-5-7-21-10/h5-7,11H,8-9H2,1-4H3,(H,15,17)(H,16,18)/t11-/m0/s1. The zero-order chi connectivity index (χ0) is 15.9. The molecule has 1 aromatic rings. The van der Waals surface area contributed by atoms with E-state index in [2.05, 4.69) is 10.6 Å². The average molecular weight is 314 g/mol. The molecule has 0 radical (unpaired) electrons. The van der Waals surface area contributed by atoms with E-state index < -0.39 is 17.7 Å². The van der Waals surface area contributed by atoms with E-state index in [9.17, 15) is 9.59 Å². The molecule has 0 saturated carbocycles. The van der Waals surface area contributed by atoms with Crippen molar-refractivity contribution in [3.8, 4) is 0 Å². The molecule has 21 heavy (non-hydrogen) atoms. The number of thiophene rings is 1. The van der Waals surface area contributed by atoms with Crippen LogP contribution in [0, 0.1) is 0 Å². The predicted octanol–water partition coefficient (Wildman–Crippen LogP) is 1.90. The molecule has 0 unspecified atom stereocenters. The summed E-state index contributed by atoms with van der Waals surface area (Å²) in [6.45, 7) is 5.40. The lowest BCUT2D eigenvalue weighted by Crippen LogP contribution is -2.49. The third-order valence-electron chi connectivity index (χ3n) is 2.38. The predicted molar refractivity (Wildman–Crippen MR) is 81.2 cm³/mol. The Kier molecular flexibility index (Phi) is 6.64. The first-order valence-corrected chi connectivity index (χ1v) is 7.48. The second-order valence-electron chi connectivity index (χ2n) is 5.46. The van der Waals surface area contributed by atoms with Gasteiger partial charge < -0.3 is 20.1 Å². The van der Waals surface area contributed by atoms with Gasteiger partial charge >= 0.3 is 6.09 Å². The van der Waals surface area contributed by atoms with Crippen LogP contribution in [0.1, 0.15) is 25.6 Å². The number of methoxy groups -OCH3 is 1. The summed E-state index contributed by atoms with van der Waals surface area (Å²) in [5, 5.41) is 7.11. The van der Waals surface area contributed by atoms with Crippen LogP contribution in [0.25, 0.3) is 0 Å². The highest BCUT2D eigenvalue weighted by atomic mass is 32.1. The van der Waals surface area contributed by atoms with Crippen molar-refractivity contribution in [1.29, 1.82) is 0 Å². The highest BCUT2D eigenvalue weighted by Crippen LogP contribution is 2.12. The normalized spacial score (nSPS) is 12.6. The molecule has 0 aliphatic heterocycles. The molecule has 0 saturated heterocycles. The van der Waals surface area contributed by atoms with Crippen molar-refractivity contribution in [3.63, 3.8) is 0 Å². The Balaban J connectivity index is 2.67. The van der Waals surface area contributed by atoms with E-state index in [4.69, 9.17) is 9.47 Å². The highest BCUT2D eigenvalue weighted by molar-refractivity contribution is 7.09. The van der Waals surface area contributed by atoms with Gasteiger partial charge in [0, 0.05) is 18.4 Å². The number of carbonyl (C=O) groups excluding carboxylic acids is 2. The van der Waals surface area contributed by atoms with Gasteiger partial charge in [-0.2, -0.15) is 0 Å². The van der Waals surface area contributed by atoms with Crippen LogP contribution in [0.2, 0.25) is 0 Å². The molecule has 6 nitrogen and oxygen atoms in total. The summed E-state index contributed by atoms with van der Waals surface area (Å²) >= 11 is 1.53. The number of amides is 2. The maximum Gasteiger partial charge on any atom is 0.408 e. The van der Waals surface area contributed by atoms with Crippen LogP contribution < -0.4 is 10.6 Å². The van der Waals surface area contributed by atoms with Crippen LogP contribution in [0.15, 0.2) is 17.5 Å². The molecule has 2 amide bonds. The first kappa shape index (κ1) is 17.5. The summed E-state index contributed by atoms with van der Waals surface area (Å²) in [5.41, 5.74) is -0.611. The van der Waals surface area contributed by atoms with Gasteiger partial charge in [-0.3, -0.25) is 4.79 Å². The number of nitrogens with one attached hydrogen (secondary N) is 2. The summed E-state index contributed by atoms with van der Waals surface area (Å²) < 4.78 is 9.99. The minimum Gasteiger partial charge on any atom is -0.444 e. The molecule has 0 aliphatic carbocycles. The highest BCUT2D eigenvalue weighted by Gasteiger charge is 2.24. The Morgan fingerprint density at radius 2 is 2.10 bits per heavy atom. The van der Waals surface area contributed by atoms with E-state index in [1.807, 2.05) is 17.5 Å². The average Bonchev–Trinajstić information content (AvgIpc) is 2.85. The van der Waals surface area contributed by atoms with Crippen LogP contribution >= 0.6 is 11.3 Å². The lowest BCUT2D eigenvalue weighted by atomic mass is 10.1. The molecule has 0 aromatic carbocycles. The fourth-order valence-electron chi connectivity index (χ4n) is 1.56. The number of rotatable bonds is 6. The summed E-state index contributed by atoms with van der Waals surface area (Å²) in [7, 11) is 1.48. The van der Waals surface area contributed by atoms with Crippen molar-refractivity contribution in [3.05, 3.63) is 22.4 Å². The molecular formula is C14H22N2O4S. The van der Waals surface area contributed by atoms with Gasteiger partial charge in [0.05, 0.1) is 0 Å². The number of hydrogen-bond donors (Lipinski definition) is 2. The fraction of sp³-hybridized carbons (Fsp3) is 0.571. The van der Waals surface area contributed by atoms with Gasteiger partial charge in [-0.05, 0) is 32.2 Å². The van der Waals surface area contributed by atoms with Gasteiger partial charge in [0.25, 0.3) is 0 Å². The molecule has 1 atom stereocenters. The summed E-state index contributed by atoms with van der Waals surface area (Å²) in [6, 6.07) is 3.11. The Morgan fingerprint density at radius 3 is 2.62 bits per heavy atom. The minimum atomic E-state index is -0.700. The third kappa shape index (κ3) is 7.10. The number of carbonyl (C=O) groups is 2. The number of ether oxygens (including phenoxy) is 2. The molecule has 1 heterocycles. The van der Waals surface area contributed by atoms with Crippen molar-refractivity contribution in [2.45, 2.75) is 38.8 Å². The molecule has 0 aliphatic rings. The van der Waals surface area contributed by atoms with E-state index in [-0.39, 0.29) is 12.6 Å². The Hall–Kier alpha value is -1.60. The monoisotopic (exact) mass is 314 g/mol. The molecule has 0 spiro atoms. The van der Waals surface area contributed by atoms with Crippen LogP contribution in [0.4, 0.5) is 4.79 Å². The van der Waals surface area contributed by atoms with E-state index in [1.54, 1.807) is 20.8 Å². The van der Waals surface area contributed by atoms with Gasteiger partial charge in [-0.1, -0.05) is 6.07 Å². The molecule has 118 valence electrons. The first-order chi connectivity index (χ1) is 9.81. The lowest BCUT2D eigenvalue weighted by molar-refractivity contribution is -0.124. The Morgan fingerprint density at radius 1 is 1.38 bits per heavy atom. The van der Waals surface area contributed by atoms with Crippen LogP contribution in [0.3, 0.4) is 0 Å². The fourth-order valence-corrected chi connectivity index (χ4v) is 2.31. The van der Waals surface area contributed by atoms with Gasteiger partial charge in [0.15, 0.2) is 0 Å². The second-order valence-corrected chi connectivity index (χ2v) is 6.49. The van der Waals surface area contributed by atoms with Crippen molar-refractivity contribution >= 4 is 23.3 Å². The molecule has 1 rings (SSSR count). The Bertz CT molecular complexity index is 454. The van der Waals surface area contributed by atoms with Gasteiger partial charge in [0.1, 0.15) is 18.4 Å². The molecule has 0 fully saturated rings. The maximum absolute atomic E-state index is 12.1. The molecule has 0 bridgehead atoms. The van der Waals surface area contributed by atoms with Gasteiger partial charge in [-0.25, -0.2) is 4.79 Å². The number of alkyl carbamates (subject to hydrolysis) is 1. The zero-order valence-corrected chi connectivity index (χ0v) is 13.6. The van der Waals surface area contributed by atoms with Gasteiger partial charge in [0.2, 0.25) is 5.91 Å². The first-order valence-electron chi connectivity index (χ1n) is 6.60. The molecule has 7 heteroatoms. The smallest absolute Gasteiger partial charge is 0.408 e. The molecular weight excluding hydrogens is 292 g/mol. The summed E-state index contributed by atoms with van der Waals surface area (Å²) in [5.74, 6) is -0.309. The van der Waals surface area contributed by atoms with Crippen LogP contribution in [-0.2, 0) is 20.7 Å². The maximum atomic E-state index is 12.1. The van der Waals surface area contributed by atoms with E-state index in [1.165, 1.54) is 18.4 Å². The summed E-state index contributed by atoms with van der Waals surface area (Å²) in [6.07, 6.45) is -0.205. The van der Waals surface area contributed by atoms with E-state index in [0.717, 1.165) is 4.88 Å². The SMILES string of the molecule is COCNC(=O)[C@H](Cc1cccs1)NC(=O)OC(C)(C)C. The van der Waals surface area contributed by atoms with Crippen LogP contribution in [-0.4, -0.2) is 37.5 Å². The number of hydrogen-bond acceptors (Lipinski definition) is 5. The topological polar surface area (TPSA) is 76.7 Å². The largest absolute Gasteiger partial charge is 0.444 e. The second kappa shape index (κ2) is 7.99. The molecule has 1 aromatic heterocycles. The third-order valence-corrected chi connectivity index (χ3v) is 3.28. The summed E-state index contributed by atoms with van der Waals surface area (Å²) in [4.78, 5) is 24.9. The van der Waals surface area contributed by atoms with E-state index >= 15 is 0 Å². The van der Waals surface area contributed by atoms with Crippen molar-refractivity contribution in [2.75, 3.05) is 13.8 Å². The van der Waals surface area contributed by atoms with Gasteiger partial charge in [-0.15, -0.1) is 11.3 Å². The van der Waals surface area contributed by atoms with E-state index in [0.29, 0.717) is 6.42 Å².